The summed E-state index contributed by atoms with van der Waals surface area (Å²) >= 11 is 0. The van der Waals surface area contributed by atoms with Gasteiger partial charge in [-0.3, -0.25) is 4.55 Å². The van der Waals surface area contributed by atoms with E-state index < -0.39 is 40.4 Å². The summed E-state index contributed by atoms with van der Waals surface area (Å²) in [6, 6.07) is 0. The van der Waals surface area contributed by atoms with Crippen molar-refractivity contribution in [3.05, 3.63) is 0 Å². The highest BCUT2D eigenvalue weighted by atomic mass is 32.2. The van der Waals surface area contributed by atoms with Gasteiger partial charge in [0.25, 0.3) is 15.7 Å². The maximum absolute atomic E-state index is 12.7. The van der Waals surface area contributed by atoms with Crippen molar-refractivity contribution >= 4 is 10.1 Å². The summed E-state index contributed by atoms with van der Waals surface area (Å²) in [7, 11) is -3.74. The van der Waals surface area contributed by atoms with Crippen LogP contribution in [0.25, 0.3) is 0 Å². The van der Waals surface area contributed by atoms with Crippen molar-refractivity contribution in [2.75, 3.05) is 5.75 Å². The van der Waals surface area contributed by atoms with Gasteiger partial charge in [0.2, 0.25) is 0 Å². The molecule has 0 radical (unpaired) electrons. The molecular formula is C18H30F6O4S. The van der Waals surface area contributed by atoms with Crippen LogP contribution in [0.1, 0.15) is 53.4 Å². The second kappa shape index (κ2) is 8.90. The van der Waals surface area contributed by atoms with E-state index in [2.05, 4.69) is 0 Å². The van der Waals surface area contributed by atoms with Crippen molar-refractivity contribution in [1.29, 1.82) is 0 Å². The highest BCUT2D eigenvalue weighted by molar-refractivity contribution is 7.85. The monoisotopic (exact) mass is 456 g/mol. The summed E-state index contributed by atoms with van der Waals surface area (Å²) in [6.45, 7) is 7.54. The van der Waals surface area contributed by atoms with Gasteiger partial charge in [-0.25, -0.2) is 0 Å². The lowest BCUT2D eigenvalue weighted by atomic mass is 9.72. The molecule has 0 aromatic heterocycles. The van der Waals surface area contributed by atoms with Crippen LogP contribution < -0.4 is 0 Å². The Labute approximate surface area is 167 Å². The Morgan fingerprint density at radius 2 is 1.48 bits per heavy atom. The SMILES string of the molecule is CC1C2CC(CC(O)(C(F)(F)F)C(F)(F)F)C(C2)C1C.CCC(C)CS(=O)(=O)O. The molecule has 6 unspecified atom stereocenters. The number of aliphatic hydroxyl groups is 1. The molecule has 174 valence electrons. The number of rotatable bonds is 5. The Hall–Kier alpha value is -0.550. The lowest BCUT2D eigenvalue weighted by molar-refractivity contribution is -0.373. The molecule has 2 fully saturated rings. The van der Waals surface area contributed by atoms with Gasteiger partial charge in [0.1, 0.15) is 0 Å². The van der Waals surface area contributed by atoms with Crippen molar-refractivity contribution in [2.24, 2.45) is 35.5 Å². The van der Waals surface area contributed by atoms with Crippen LogP contribution in [0.15, 0.2) is 0 Å². The van der Waals surface area contributed by atoms with Crippen LogP contribution >= 0.6 is 0 Å². The minimum Gasteiger partial charge on any atom is -0.374 e. The number of hydrogen-bond acceptors (Lipinski definition) is 3. The molecule has 0 spiro atoms. The lowest BCUT2D eigenvalue weighted by Gasteiger charge is -2.39. The number of hydrogen-bond donors (Lipinski definition) is 2. The Balaban J connectivity index is 0.000000396. The van der Waals surface area contributed by atoms with Gasteiger partial charge < -0.3 is 5.11 Å². The predicted molar refractivity (Wildman–Crippen MR) is 95.6 cm³/mol. The standard InChI is InChI=1S/C13H18F6O.C5H12O3S/c1-6-7(2)10-4-8(6)3-9(10)5-11(20,12(14,15)16)13(17,18)19;1-3-5(2)4-9(6,7)8/h6-10,20H,3-5H2,1-2H3;5H,3-4H2,1-2H3,(H,6,7,8). The normalized spacial score (nSPS) is 31.4. The minimum absolute atomic E-state index is 0.0556. The summed E-state index contributed by atoms with van der Waals surface area (Å²) in [5.74, 6) is -0.286. The van der Waals surface area contributed by atoms with Gasteiger partial charge in [-0.15, -0.1) is 0 Å². The average Bonchev–Trinajstić information content (AvgIpc) is 3.04. The third kappa shape index (κ3) is 6.22. The molecule has 0 amide bonds. The zero-order valence-electron chi connectivity index (χ0n) is 16.9. The third-order valence-corrected chi connectivity index (χ3v) is 7.71. The second-order valence-corrected chi connectivity index (χ2v) is 10.2. The first-order valence-corrected chi connectivity index (χ1v) is 11.3. The number of fused-ring (bicyclic) bond motifs is 2. The average molecular weight is 456 g/mol. The van der Waals surface area contributed by atoms with Gasteiger partial charge in [-0.1, -0.05) is 34.1 Å². The Morgan fingerprint density at radius 3 is 1.76 bits per heavy atom. The summed E-state index contributed by atoms with van der Waals surface area (Å²) in [4.78, 5) is 0. The fourth-order valence-electron chi connectivity index (χ4n) is 4.58. The first-order chi connectivity index (χ1) is 12.8. The summed E-state index contributed by atoms with van der Waals surface area (Å²) in [6.07, 6.45) is -10.8. The molecular weight excluding hydrogens is 426 g/mol. The highest BCUT2D eigenvalue weighted by Gasteiger charge is 2.71. The summed E-state index contributed by atoms with van der Waals surface area (Å²) in [5, 5.41) is 9.28. The first-order valence-electron chi connectivity index (χ1n) is 9.65. The van der Waals surface area contributed by atoms with Crippen LogP contribution in [0.5, 0.6) is 0 Å². The maximum atomic E-state index is 12.7. The number of alkyl halides is 6. The van der Waals surface area contributed by atoms with Crippen molar-refractivity contribution in [1.82, 2.24) is 0 Å². The largest absolute Gasteiger partial charge is 0.426 e. The van der Waals surface area contributed by atoms with Crippen LogP contribution in [0, 0.1) is 35.5 Å². The molecule has 11 heteroatoms. The maximum Gasteiger partial charge on any atom is 0.426 e. The Kier molecular flexibility index (Phi) is 8.13. The van der Waals surface area contributed by atoms with Gasteiger partial charge in [0, 0.05) is 0 Å². The van der Waals surface area contributed by atoms with E-state index in [4.69, 9.17) is 4.55 Å². The molecule has 0 saturated heterocycles. The fraction of sp³-hybridized carbons (Fsp3) is 1.00. The fourth-order valence-corrected chi connectivity index (χ4v) is 5.53. The smallest absolute Gasteiger partial charge is 0.374 e. The third-order valence-electron chi connectivity index (χ3n) is 6.72. The molecule has 2 N–H and O–H groups in total. The molecule has 4 nitrogen and oxygen atoms in total. The van der Waals surface area contributed by atoms with Crippen molar-refractivity contribution in [3.63, 3.8) is 0 Å². The van der Waals surface area contributed by atoms with Crippen molar-refractivity contribution in [2.45, 2.75) is 71.3 Å². The summed E-state index contributed by atoms with van der Waals surface area (Å²) in [5.41, 5.74) is -4.59. The predicted octanol–water partition coefficient (Wildman–Crippen LogP) is 5.08. The number of halogens is 6. The minimum atomic E-state index is -5.69. The van der Waals surface area contributed by atoms with Crippen LogP contribution in [-0.4, -0.2) is 41.8 Å². The molecule has 29 heavy (non-hydrogen) atoms. The van der Waals surface area contributed by atoms with Crippen LogP contribution in [0.2, 0.25) is 0 Å². The van der Waals surface area contributed by atoms with Gasteiger partial charge in [0.05, 0.1) is 5.75 Å². The van der Waals surface area contributed by atoms with Gasteiger partial charge in [0.15, 0.2) is 0 Å². The molecule has 2 bridgehead atoms. The van der Waals surface area contributed by atoms with E-state index in [-0.39, 0.29) is 29.4 Å². The van der Waals surface area contributed by atoms with E-state index in [1.54, 1.807) is 6.92 Å². The van der Waals surface area contributed by atoms with Crippen molar-refractivity contribution < 1.29 is 44.4 Å². The molecule has 6 atom stereocenters. The van der Waals surface area contributed by atoms with Gasteiger partial charge in [-0.05, 0) is 54.8 Å². The topological polar surface area (TPSA) is 74.6 Å². The van der Waals surface area contributed by atoms with Crippen LogP contribution in [-0.2, 0) is 10.1 Å². The molecule has 2 aliphatic carbocycles. The van der Waals surface area contributed by atoms with Gasteiger partial charge >= 0.3 is 12.4 Å². The van der Waals surface area contributed by atoms with Crippen LogP contribution in [0.3, 0.4) is 0 Å². The Morgan fingerprint density at radius 1 is 1.00 bits per heavy atom. The van der Waals surface area contributed by atoms with Gasteiger partial charge in [-0.2, -0.15) is 34.8 Å². The molecule has 0 aromatic carbocycles. The zero-order chi connectivity index (χ0) is 23.0. The molecule has 2 rings (SSSR count). The molecule has 2 aliphatic rings. The molecule has 0 heterocycles. The molecule has 0 aromatic rings. The molecule has 2 saturated carbocycles. The highest BCUT2D eigenvalue weighted by Crippen LogP contribution is 2.59. The zero-order valence-corrected chi connectivity index (χ0v) is 17.7. The van der Waals surface area contributed by atoms with Crippen LogP contribution in [0.4, 0.5) is 26.3 Å². The van der Waals surface area contributed by atoms with E-state index in [0.29, 0.717) is 18.8 Å². The lowest BCUT2D eigenvalue weighted by Crippen LogP contribution is -2.58. The summed E-state index contributed by atoms with van der Waals surface area (Å²) < 4.78 is 105. The van der Waals surface area contributed by atoms with E-state index >= 15 is 0 Å². The van der Waals surface area contributed by atoms with E-state index in [1.807, 2.05) is 20.8 Å². The quantitative estimate of drug-likeness (QED) is 0.447. The van der Waals surface area contributed by atoms with E-state index in [9.17, 15) is 39.9 Å². The Bertz CT molecular complexity index is 630. The molecule has 0 aliphatic heterocycles. The van der Waals surface area contributed by atoms with Crippen molar-refractivity contribution in [3.8, 4) is 0 Å². The first kappa shape index (κ1) is 26.5. The van der Waals surface area contributed by atoms with E-state index in [1.165, 1.54) is 0 Å². The van der Waals surface area contributed by atoms with E-state index in [0.717, 1.165) is 6.42 Å². The second-order valence-electron chi connectivity index (χ2n) is 8.70.